The highest BCUT2D eigenvalue weighted by molar-refractivity contribution is 6.00. The standard InChI is InChI=1S/C15H19N3O/c1-11-4-3-9-18(10-11)15(19)17-14-6-2-5-13-12(14)7-8-16-13/h2,5-8,11,16H,3-4,9-10H2,1H3,(H,17,19)/t11-/m1/s1. The van der Waals surface area contributed by atoms with E-state index < -0.39 is 0 Å². The van der Waals surface area contributed by atoms with Gasteiger partial charge in [0.25, 0.3) is 0 Å². The number of anilines is 1. The zero-order chi connectivity index (χ0) is 13.2. The third kappa shape index (κ3) is 2.43. The summed E-state index contributed by atoms with van der Waals surface area (Å²) in [7, 11) is 0. The number of benzene rings is 1. The number of aromatic amines is 1. The molecular formula is C15H19N3O. The lowest BCUT2D eigenvalue weighted by molar-refractivity contribution is 0.182. The van der Waals surface area contributed by atoms with Crippen LogP contribution in [-0.2, 0) is 0 Å². The summed E-state index contributed by atoms with van der Waals surface area (Å²) in [5.41, 5.74) is 1.92. The molecular weight excluding hydrogens is 238 g/mol. The van der Waals surface area contributed by atoms with Gasteiger partial charge in [-0.05, 0) is 37.0 Å². The molecule has 0 saturated carbocycles. The Morgan fingerprint density at radius 1 is 1.42 bits per heavy atom. The normalized spacial score (nSPS) is 19.6. The number of fused-ring (bicyclic) bond motifs is 1. The first-order valence-corrected chi connectivity index (χ1v) is 6.86. The smallest absolute Gasteiger partial charge is 0.321 e. The Morgan fingerprint density at radius 2 is 2.32 bits per heavy atom. The van der Waals surface area contributed by atoms with Gasteiger partial charge in [-0.3, -0.25) is 0 Å². The number of carbonyl (C=O) groups is 1. The highest BCUT2D eigenvalue weighted by atomic mass is 16.2. The number of urea groups is 1. The van der Waals surface area contributed by atoms with Crippen molar-refractivity contribution in [2.75, 3.05) is 18.4 Å². The summed E-state index contributed by atoms with van der Waals surface area (Å²) in [4.78, 5) is 17.4. The number of likely N-dealkylation sites (tertiary alicyclic amines) is 1. The number of nitrogens with one attached hydrogen (secondary N) is 2. The number of nitrogens with zero attached hydrogens (tertiary/aromatic N) is 1. The maximum atomic E-state index is 12.3. The van der Waals surface area contributed by atoms with E-state index in [2.05, 4.69) is 17.2 Å². The van der Waals surface area contributed by atoms with Crippen LogP contribution in [0.2, 0.25) is 0 Å². The second-order valence-corrected chi connectivity index (χ2v) is 5.37. The van der Waals surface area contributed by atoms with Gasteiger partial charge in [0, 0.05) is 30.2 Å². The second-order valence-electron chi connectivity index (χ2n) is 5.37. The number of hydrogen-bond acceptors (Lipinski definition) is 1. The molecule has 1 saturated heterocycles. The Kier molecular flexibility index (Phi) is 3.15. The summed E-state index contributed by atoms with van der Waals surface area (Å²) in [6.45, 7) is 3.92. The highest BCUT2D eigenvalue weighted by Crippen LogP contribution is 2.23. The van der Waals surface area contributed by atoms with Crippen LogP contribution in [0.1, 0.15) is 19.8 Å². The van der Waals surface area contributed by atoms with Crippen molar-refractivity contribution in [3.05, 3.63) is 30.5 Å². The molecule has 4 nitrogen and oxygen atoms in total. The van der Waals surface area contributed by atoms with Crippen LogP contribution in [0.5, 0.6) is 0 Å². The Balaban J connectivity index is 1.77. The minimum Gasteiger partial charge on any atom is -0.361 e. The van der Waals surface area contributed by atoms with Crippen LogP contribution in [0, 0.1) is 5.92 Å². The maximum Gasteiger partial charge on any atom is 0.321 e. The molecule has 1 aromatic carbocycles. The van der Waals surface area contributed by atoms with E-state index in [-0.39, 0.29) is 6.03 Å². The van der Waals surface area contributed by atoms with Crippen molar-refractivity contribution in [3.8, 4) is 0 Å². The number of hydrogen-bond donors (Lipinski definition) is 2. The largest absolute Gasteiger partial charge is 0.361 e. The second kappa shape index (κ2) is 4.96. The van der Waals surface area contributed by atoms with Crippen molar-refractivity contribution in [3.63, 3.8) is 0 Å². The number of H-pyrrole nitrogens is 1. The molecule has 0 unspecified atom stereocenters. The minimum atomic E-state index is 0.0141. The molecule has 3 rings (SSSR count). The quantitative estimate of drug-likeness (QED) is 0.807. The van der Waals surface area contributed by atoms with E-state index in [1.54, 1.807) is 0 Å². The number of piperidine rings is 1. The van der Waals surface area contributed by atoms with Crippen LogP contribution < -0.4 is 5.32 Å². The Bertz CT molecular complexity index is 590. The molecule has 0 spiro atoms. The van der Waals surface area contributed by atoms with Crippen molar-refractivity contribution >= 4 is 22.6 Å². The van der Waals surface area contributed by atoms with E-state index in [0.29, 0.717) is 5.92 Å². The van der Waals surface area contributed by atoms with Crippen LogP contribution >= 0.6 is 0 Å². The van der Waals surface area contributed by atoms with Crippen LogP contribution in [-0.4, -0.2) is 29.0 Å². The molecule has 0 aliphatic carbocycles. The summed E-state index contributed by atoms with van der Waals surface area (Å²) >= 11 is 0. The number of rotatable bonds is 1. The summed E-state index contributed by atoms with van der Waals surface area (Å²) in [6.07, 6.45) is 4.21. The van der Waals surface area contributed by atoms with Crippen LogP contribution in [0.3, 0.4) is 0 Å². The molecule has 19 heavy (non-hydrogen) atoms. The van der Waals surface area contributed by atoms with Gasteiger partial charge in [0.1, 0.15) is 0 Å². The molecule has 1 aliphatic heterocycles. The fourth-order valence-electron chi connectivity index (χ4n) is 2.76. The van der Waals surface area contributed by atoms with Gasteiger partial charge >= 0.3 is 6.03 Å². The van der Waals surface area contributed by atoms with Crippen LogP contribution in [0.15, 0.2) is 30.5 Å². The first-order chi connectivity index (χ1) is 9.24. The molecule has 0 bridgehead atoms. The third-order valence-corrected chi connectivity index (χ3v) is 3.78. The summed E-state index contributed by atoms with van der Waals surface area (Å²) in [6, 6.07) is 7.91. The Hall–Kier alpha value is -1.97. The molecule has 1 aromatic heterocycles. The lowest BCUT2D eigenvalue weighted by Crippen LogP contribution is -2.41. The summed E-state index contributed by atoms with van der Waals surface area (Å²) in [5, 5.41) is 4.08. The summed E-state index contributed by atoms with van der Waals surface area (Å²) < 4.78 is 0. The van der Waals surface area contributed by atoms with E-state index in [9.17, 15) is 4.79 Å². The first kappa shape index (κ1) is 12.1. The van der Waals surface area contributed by atoms with E-state index in [1.807, 2.05) is 35.4 Å². The van der Waals surface area contributed by atoms with E-state index in [1.165, 1.54) is 6.42 Å². The fraction of sp³-hybridized carbons (Fsp3) is 0.400. The lowest BCUT2D eigenvalue weighted by atomic mass is 10.0. The van der Waals surface area contributed by atoms with Gasteiger partial charge in [-0.2, -0.15) is 0 Å². The minimum absolute atomic E-state index is 0.0141. The third-order valence-electron chi connectivity index (χ3n) is 3.78. The monoisotopic (exact) mass is 257 g/mol. The van der Waals surface area contributed by atoms with E-state index in [4.69, 9.17) is 0 Å². The molecule has 100 valence electrons. The fourth-order valence-corrected chi connectivity index (χ4v) is 2.76. The Labute approximate surface area is 112 Å². The summed E-state index contributed by atoms with van der Waals surface area (Å²) in [5.74, 6) is 0.600. The van der Waals surface area contributed by atoms with Gasteiger partial charge < -0.3 is 15.2 Å². The van der Waals surface area contributed by atoms with Gasteiger partial charge in [-0.25, -0.2) is 4.79 Å². The number of amides is 2. The average Bonchev–Trinajstić information content (AvgIpc) is 2.88. The molecule has 2 heterocycles. The van der Waals surface area contributed by atoms with Crippen molar-refractivity contribution in [1.82, 2.24) is 9.88 Å². The van der Waals surface area contributed by atoms with Gasteiger partial charge in [-0.15, -0.1) is 0 Å². The van der Waals surface area contributed by atoms with Crippen molar-refractivity contribution in [2.24, 2.45) is 5.92 Å². The van der Waals surface area contributed by atoms with Gasteiger partial charge in [-0.1, -0.05) is 13.0 Å². The van der Waals surface area contributed by atoms with E-state index >= 15 is 0 Å². The SMILES string of the molecule is C[C@@H]1CCCN(C(=O)Nc2cccc3[nH]ccc23)C1. The Morgan fingerprint density at radius 3 is 3.16 bits per heavy atom. The molecule has 2 aromatic rings. The van der Waals surface area contributed by atoms with Gasteiger partial charge in [0.05, 0.1) is 5.69 Å². The molecule has 2 amide bonds. The molecule has 0 radical (unpaired) electrons. The van der Waals surface area contributed by atoms with Crippen molar-refractivity contribution in [1.29, 1.82) is 0 Å². The lowest BCUT2D eigenvalue weighted by Gasteiger charge is -2.31. The zero-order valence-corrected chi connectivity index (χ0v) is 11.1. The van der Waals surface area contributed by atoms with Crippen molar-refractivity contribution in [2.45, 2.75) is 19.8 Å². The number of aromatic nitrogens is 1. The molecule has 1 aliphatic rings. The predicted octanol–water partition coefficient (Wildman–Crippen LogP) is 3.43. The van der Waals surface area contributed by atoms with Crippen LogP contribution in [0.25, 0.3) is 10.9 Å². The highest BCUT2D eigenvalue weighted by Gasteiger charge is 2.21. The maximum absolute atomic E-state index is 12.3. The van der Waals surface area contributed by atoms with E-state index in [0.717, 1.165) is 36.1 Å². The molecule has 1 atom stereocenters. The van der Waals surface area contributed by atoms with Gasteiger partial charge in [0.15, 0.2) is 0 Å². The molecule has 2 N–H and O–H groups in total. The average molecular weight is 257 g/mol. The topological polar surface area (TPSA) is 48.1 Å². The zero-order valence-electron chi connectivity index (χ0n) is 11.1. The number of carbonyl (C=O) groups excluding carboxylic acids is 1. The molecule has 1 fully saturated rings. The van der Waals surface area contributed by atoms with Crippen molar-refractivity contribution < 1.29 is 4.79 Å². The molecule has 4 heteroatoms. The van der Waals surface area contributed by atoms with Crippen LogP contribution in [0.4, 0.5) is 10.5 Å². The predicted molar refractivity (Wildman–Crippen MR) is 77.3 cm³/mol. The first-order valence-electron chi connectivity index (χ1n) is 6.86. The van der Waals surface area contributed by atoms with Gasteiger partial charge in [0.2, 0.25) is 0 Å².